The maximum absolute atomic E-state index is 12.6. The highest BCUT2D eigenvalue weighted by atomic mass is 16.5. The molecule has 5 heteroatoms. The average molecular weight is 317 g/mol. The Morgan fingerprint density at radius 2 is 2.13 bits per heavy atom. The van der Waals surface area contributed by atoms with Crippen molar-refractivity contribution in [3.8, 4) is 0 Å². The molecule has 0 bridgehead atoms. The van der Waals surface area contributed by atoms with Gasteiger partial charge in [-0.3, -0.25) is 9.69 Å². The number of carbonyl (C=O) groups is 1. The van der Waals surface area contributed by atoms with Gasteiger partial charge in [-0.25, -0.2) is 4.98 Å². The fourth-order valence-electron chi connectivity index (χ4n) is 3.24. The minimum absolute atomic E-state index is 0.0191. The van der Waals surface area contributed by atoms with Gasteiger partial charge in [0.15, 0.2) is 0 Å². The van der Waals surface area contributed by atoms with Gasteiger partial charge in [-0.1, -0.05) is 19.9 Å². The van der Waals surface area contributed by atoms with Gasteiger partial charge < -0.3 is 9.64 Å². The molecule has 5 nitrogen and oxygen atoms in total. The number of amides is 1. The van der Waals surface area contributed by atoms with Crippen LogP contribution in [-0.2, 0) is 11.3 Å². The monoisotopic (exact) mass is 317 g/mol. The van der Waals surface area contributed by atoms with E-state index in [1.165, 1.54) is 0 Å². The third-order valence-electron chi connectivity index (χ3n) is 4.87. The number of hydrogen-bond acceptors (Lipinski definition) is 4. The zero-order valence-electron chi connectivity index (χ0n) is 14.4. The average Bonchev–Trinajstić information content (AvgIpc) is 2.49. The molecule has 3 heterocycles. The Kier molecular flexibility index (Phi) is 4.97. The molecule has 3 rings (SSSR count). The summed E-state index contributed by atoms with van der Waals surface area (Å²) in [7, 11) is 0. The molecule has 2 aliphatic rings. The Labute approximate surface area is 138 Å². The van der Waals surface area contributed by atoms with E-state index in [1.54, 1.807) is 0 Å². The van der Waals surface area contributed by atoms with E-state index >= 15 is 0 Å². The van der Waals surface area contributed by atoms with Gasteiger partial charge >= 0.3 is 0 Å². The number of nitrogens with zero attached hydrogens (tertiary/aromatic N) is 3. The minimum atomic E-state index is 0.0191. The molecule has 1 atom stereocenters. The third-order valence-corrected chi connectivity index (χ3v) is 4.87. The summed E-state index contributed by atoms with van der Waals surface area (Å²) < 4.78 is 5.50. The summed E-state index contributed by atoms with van der Waals surface area (Å²) in [6.07, 6.45) is 0.102. The maximum Gasteiger partial charge on any atom is 0.272 e. The summed E-state index contributed by atoms with van der Waals surface area (Å²) in [6, 6.07) is 5.78. The lowest BCUT2D eigenvalue weighted by molar-refractivity contribution is -0.0126. The number of hydrogen-bond donors (Lipinski definition) is 0. The van der Waals surface area contributed by atoms with Gasteiger partial charge in [-0.15, -0.1) is 0 Å². The Bertz CT molecular complexity index is 555. The van der Waals surface area contributed by atoms with Crippen LogP contribution in [0.1, 0.15) is 37.0 Å². The van der Waals surface area contributed by atoms with E-state index in [0.29, 0.717) is 25.4 Å². The Hall–Kier alpha value is -1.46. The molecule has 0 spiro atoms. The number of ether oxygens (including phenoxy) is 1. The van der Waals surface area contributed by atoms with Crippen molar-refractivity contribution in [3.63, 3.8) is 0 Å². The second-order valence-electron chi connectivity index (χ2n) is 7.14. The van der Waals surface area contributed by atoms with Crippen molar-refractivity contribution in [3.05, 3.63) is 29.6 Å². The van der Waals surface area contributed by atoms with Gasteiger partial charge in [0.1, 0.15) is 5.69 Å². The van der Waals surface area contributed by atoms with Crippen molar-refractivity contribution < 1.29 is 9.53 Å². The van der Waals surface area contributed by atoms with E-state index in [-0.39, 0.29) is 12.0 Å². The SMILES string of the molecule is CC(C)C1CN(Cc2cccc(C(=O)N3CCO[C@H](C)C3)n2)C1. The van der Waals surface area contributed by atoms with Crippen molar-refractivity contribution in [1.29, 1.82) is 0 Å². The van der Waals surface area contributed by atoms with Crippen LogP contribution >= 0.6 is 0 Å². The van der Waals surface area contributed by atoms with Crippen LogP contribution in [0.15, 0.2) is 18.2 Å². The second kappa shape index (κ2) is 6.97. The van der Waals surface area contributed by atoms with Crippen molar-refractivity contribution in [2.75, 3.05) is 32.8 Å². The highest BCUT2D eigenvalue weighted by Gasteiger charge is 2.29. The number of morpholine rings is 1. The highest BCUT2D eigenvalue weighted by molar-refractivity contribution is 5.92. The fourth-order valence-corrected chi connectivity index (χ4v) is 3.24. The topological polar surface area (TPSA) is 45.7 Å². The largest absolute Gasteiger partial charge is 0.375 e. The lowest BCUT2D eigenvalue weighted by Gasteiger charge is -2.41. The normalized spacial score (nSPS) is 23.1. The molecule has 0 saturated carbocycles. The number of aromatic nitrogens is 1. The van der Waals surface area contributed by atoms with Crippen molar-refractivity contribution >= 4 is 5.91 Å². The van der Waals surface area contributed by atoms with E-state index in [2.05, 4.69) is 23.7 Å². The van der Waals surface area contributed by atoms with Crippen LogP contribution in [0.3, 0.4) is 0 Å². The summed E-state index contributed by atoms with van der Waals surface area (Å²) in [5.74, 6) is 1.57. The lowest BCUT2D eigenvalue weighted by Crippen LogP contribution is -2.48. The van der Waals surface area contributed by atoms with Crippen LogP contribution in [0.2, 0.25) is 0 Å². The predicted octanol–water partition coefficient (Wildman–Crippen LogP) is 2.03. The van der Waals surface area contributed by atoms with Crippen LogP contribution in [0, 0.1) is 11.8 Å². The van der Waals surface area contributed by atoms with Gasteiger partial charge in [0.2, 0.25) is 0 Å². The van der Waals surface area contributed by atoms with Crippen molar-refractivity contribution in [2.45, 2.75) is 33.4 Å². The molecule has 126 valence electrons. The quantitative estimate of drug-likeness (QED) is 0.852. The Morgan fingerprint density at radius 1 is 1.35 bits per heavy atom. The molecule has 1 aromatic rings. The lowest BCUT2D eigenvalue weighted by atomic mass is 9.88. The number of carbonyl (C=O) groups excluding carboxylic acids is 1. The summed E-state index contributed by atoms with van der Waals surface area (Å²) in [4.78, 5) is 21.4. The standard InChI is InChI=1S/C18H27N3O2/c1-13(2)15-10-20(11-15)12-16-5-4-6-17(19-16)18(22)21-7-8-23-14(3)9-21/h4-6,13-15H,7-12H2,1-3H3/t14-/m1/s1. The van der Waals surface area contributed by atoms with Crippen LogP contribution in [0.4, 0.5) is 0 Å². The Morgan fingerprint density at radius 3 is 2.83 bits per heavy atom. The third kappa shape index (κ3) is 3.90. The first kappa shape index (κ1) is 16.4. The predicted molar refractivity (Wildman–Crippen MR) is 89.2 cm³/mol. The van der Waals surface area contributed by atoms with Gasteiger partial charge in [-0.2, -0.15) is 0 Å². The first-order valence-electron chi connectivity index (χ1n) is 8.62. The number of pyridine rings is 1. The van der Waals surface area contributed by atoms with Gasteiger partial charge in [0.25, 0.3) is 5.91 Å². The molecule has 0 unspecified atom stereocenters. The molecular weight excluding hydrogens is 290 g/mol. The van der Waals surface area contributed by atoms with Crippen molar-refractivity contribution in [1.82, 2.24) is 14.8 Å². The van der Waals surface area contributed by atoms with E-state index in [0.717, 1.165) is 37.2 Å². The molecule has 0 N–H and O–H groups in total. The van der Waals surface area contributed by atoms with Gasteiger partial charge in [-0.05, 0) is 30.9 Å². The van der Waals surface area contributed by atoms with Crippen LogP contribution in [0.25, 0.3) is 0 Å². The molecule has 2 aliphatic heterocycles. The van der Waals surface area contributed by atoms with Gasteiger partial charge in [0, 0.05) is 32.7 Å². The minimum Gasteiger partial charge on any atom is -0.375 e. The van der Waals surface area contributed by atoms with Crippen LogP contribution < -0.4 is 0 Å². The molecule has 0 radical (unpaired) electrons. The molecule has 23 heavy (non-hydrogen) atoms. The molecule has 0 aromatic carbocycles. The summed E-state index contributed by atoms with van der Waals surface area (Å²) in [5.41, 5.74) is 1.54. The Balaban J connectivity index is 1.60. The fraction of sp³-hybridized carbons (Fsp3) is 0.667. The summed E-state index contributed by atoms with van der Waals surface area (Å²) >= 11 is 0. The maximum atomic E-state index is 12.6. The van der Waals surface area contributed by atoms with Gasteiger partial charge in [0.05, 0.1) is 18.4 Å². The molecule has 1 amide bonds. The molecule has 2 fully saturated rings. The van der Waals surface area contributed by atoms with Crippen LogP contribution in [-0.4, -0.2) is 59.6 Å². The van der Waals surface area contributed by atoms with E-state index in [4.69, 9.17) is 4.74 Å². The second-order valence-corrected chi connectivity index (χ2v) is 7.14. The summed E-state index contributed by atoms with van der Waals surface area (Å²) in [6.45, 7) is 11.6. The van der Waals surface area contributed by atoms with Crippen LogP contribution in [0.5, 0.6) is 0 Å². The zero-order valence-corrected chi connectivity index (χ0v) is 14.4. The number of rotatable bonds is 4. The first-order chi connectivity index (χ1) is 11.0. The molecule has 0 aliphatic carbocycles. The zero-order chi connectivity index (χ0) is 16.4. The molecular formula is C18H27N3O2. The van der Waals surface area contributed by atoms with E-state index in [9.17, 15) is 4.79 Å². The van der Waals surface area contributed by atoms with Crippen molar-refractivity contribution in [2.24, 2.45) is 11.8 Å². The first-order valence-corrected chi connectivity index (χ1v) is 8.62. The highest BCUT2D eigenvalue weighted by Crippen LogP contribution is 2.24. The number of likely N-dealkylation sites (tertiary alicyclic amines) is 1. The van der Waals surface area contributed by atoms with E-state index < -0.39 is 0 Å². The molecule has 2 saturated heterocycles. The van der Waals surface area contributed by atoms with E-state index in [1.807, 2.05) is 30.0 Å². The smallest absolute Gasteiger partial charge is 0.272 e. The summed E-state index contributed by atoms with van der Waals surface area (Å²) in [5, 5.41) is 0. The molecule has 1 aromatic heterocycles.